The van der Waals surface area contributed by atoms with Crippen LogP contribution in [-0.2, 0) is 82.1 Å². The number of ketones is 1. The van der Waals surface area contributed by atoms with Crippen LogP contribution >= 0.6 is 19.4 Å². The number of ether oxygens (including phenoxy) is 10. The van der Waals surface area contributed by atoms with E-state index in [0.717, 1.165) is 38.5 Å². The number of anilines is 1. The minimum atomic E-state index is -4.67. The van der Waals surface area contributed by atoms with Gasteiger partial charge in [0.05, 0.1) is 91.7 Å². The standard InChI is InChI=1S/C85H139ClN5O25P/c1-4-6-8-10-12-14-16-18-20-22-24-26-28-30-32-42-80(99)113-64-72(116-81(100)43-33-31-29-27-25-23-21-19-17-15-13-11-9-7-5-2)65-115-117(103,104)114-48-36-38-70(94)63-108-56-55-106-50-45-88-78(96)67-109-66-77(95)87-44-49-105-53-54-107-57-58-112-83-68(3)61-91(62-73-74(86)40-35-41-76(73)111-52-47-93)84(101)82(83)90-85(102)89-75(60-79(97)98)69-37-34-39-71(59-69)110-51-46-92/h34-35,37,39-41,59,61,72,75,92-93H,4-33,36,38,42-58,60,62-67H2,1-3H3,(H,87,95)(H,88,96)(H,97,98)(H,103,104)(H2,89,90,102)/t72-,75+/m1/s1. The molecular formula is C85H139ClN5O25P. The lowest BCUT2D eigenvalue weighted by Gasteiger charge is -2.21. The molecule has 0 saturated heterocycles. The van der Waals surface area contributed by atoms with E-state index in [1.54, 1.807) is 43.3 Å². The molecule has 0 spiro atoms. The number of carbonyl (C=O) groups excluding carboxylic acids is 6. The number of aliphatic carboxylic acids is 1. The highest BCUT2D eigenvalue weighted by Gasteiger charge is 2.28. The van der Waals surface area contributed by atoms with Gasteiger partial charge in [-0.25, -0.2) is 9.36 Å². The molecule has 0 aliphatic carbocycles. The van der Waals surface area contributed by atoms with E-state index in [9.17, 15) is 63.1 Å². The molecule has 117 heavy (non-hydrogen) atoms. The van der Waals surface area contributed by atoms with Crippen molar-refractivity contribution in [1.82, 2.24) is 20.5 Å². The fraction of sp³-hybridized carbons (Fsp3) is 0.718. The van der Waals surface area contributed by atoms with E-state index in [2.05, 4.69) is 35.1 Å². The Morgan fingerprint density at radius 2 is 1.03 bits per heavy atom. The zero-order chi connectivity index (χ0) is 85.0. The lowest BCUT2D eigenvalue weighted by Crippen LogP contribution is -2.36. The second-order valence-electron chi connectivity index (χ2n) is 29.0. The summed E-state index contributed by atoms with van der Waals surface area (Å²) >= 11 is 6.56. The van der Waals surface area contributed by atoms with Gasteiger partial charge in [0, 0.05) is 54.7 Å². The van der Waals surface area contributed by atoms with E-state index in [-0.39, 0.29) is 167 Å². The third-order valence-electron chi connectivity index (χ3n) is 18.8. The molecule has 0 radical (unpaired) electrons. The minimum absolute atomic E-state index is 0.00503. The van der Waals surface area contributed by atoms with Gasteiger partial charge in [0.15, 0.2) is 23.3 Å². The number of unbranched alkanes of at least 4 members (excludes halogenated alkanes) is 28. The summed E-state index contributed by atoms with van der Waals surface area (Å²) in [6.07, 6.45) is 36.1. The predicted molar refractivity (Wildman–Crippen MR) is 446 cm³/mol. The molecule has 0 saturated carbocycles. The number of aromatic nitrogens is 1. The molecule has 666 valence electrons. The number of Topliss-reactive ketones (excluding diaryl/α,β-unsaturated/α-hetero) is 1. The fourth-order valence-electron chi connectivity index (χ4n) is 12.5. The van der Waals surface area contributed by atoms with Crippen LogP contribution in [-0.4, -0.2) is 204 Å². The van der Waals surface area contributed by atoms with Crippen LogP contribution in [0.4, 0.5) is 10.5 Å². The second-order valence-corrected chi connectivity index (χ2v) is 30.9. The summed E-state index contributed by atoms with van der Waals surface area (Å²) in [5.41, 5.74) is 0.215. The van der Waals surface area contributed by atoms with Gasteiger partial charge in [-0.3, -0.25) is 42.6 Å². The van der Waals surface area contributed by atoms with Crippen molar-refractivity contribution in [3.63, 3.8) is 0 Å². The third-order valence-corrected chi connectivity index (χ3v) is 20.1. The molecule has 1 unspecified atom stereocenters. The summed E-state index contributed by atoms with van der Waals surface area (Å²) in [5, 5.41) is 39.1. The Morgan fingerprint density at radius 3 is 1.58 bits per heavy atom. The Balaban J connectivity index is 1.28. The Morgan fingerprint density at radius 1 is 0.530 bits per heavy atom. The molecule has 30 nitrogen and oxygen atoms in total. The maximum absolute atomic E-state index is 14.3. The van der Waals surface area contributed by atoms with Crippen LogP contribution in [0.2, 0.25) is 5.02 Å². The molecule has 4 amide bonds. The summed E-state index contributed by atoms with van der Waals surface area (Å²) in [6.45, 7) is 4.06. The van der Waals surface area contributed by atoms with Gasteiger partial charge >= 0.3 is 31.8 Å². The molecule has 3 aromatic rings. The van der Waals surface area contributed by atoms with Crippen molar-refractivity contribution in [3.8, 4) is 17.2 Å². The number of phosphoric acid groups is 1. The van der Waals surface area contributed by atoms with Crippen LogP contribution in [0, 0.1) is 6.92 Å². The van der Waals surface area contributed by atoms with Crippen LogP contribution < -0.4 is 41.0 Å². The molecule has 2 aromatic carbocycles. The van der Waals surface area contributed by atoms with Crippen molar-refractivity contribution in [2.45, 2.75) is 264 Å². The molecule has 0 aliphatic heterocycles. The van der Waals surface area contributed by atoms with E-state index < -0.39 is 87.5 Å². The predicted octanol–water partition coefficient (Wildman–Crippen LogP) is 14.1. The largest absolute Gasteiger partial charge is 0.491 e. The van der Waals surface area contributed by atoms with Crippen molar-refractivity contribution in [2.24, 2.45) is 0 Å². The molecule has 0 fully saturated rings. The maximum Gasteiger partial charge on any atom is 0.472 e. The monoisotopic (exact) mass is 1700 g/mol. The van der Waals surface area contributed by atoms with Crippen LogP contribution in [0.25, 0.3) is 0 Å². The Bertz CT molecular complexity index is 3300. The number of hydrogen-bond acceptors (Lipinski definition) is 23. The topological polar surface area (TPSA) is 398 Å². The average Bonchev–Trinajstić information content (AvgIpc) is 0.789. The van der Waals surface area contributed by atoms with Gasteiger partial charge in [-0.15, -0.1) is 0 Å². The summed E-state index contributed by atoms with van der Waals surface area (Å²) in [4.78, 5) is 113. The second kappa shape index (κ2) is 68.9. The van der Waals surface area contributed by atoms with Crippen LogP contribution in [0.15, 0.2) is 53.5 Å². The summed E-state index contributed by atoms with van der Waals surface area (Å²) in [5.74, 6) is -2.80. The number of carboxylic acids is 1. The van der Waals surface area contributed by atoms with Crippen molar-refractivity contribution in [1.29, 1.82) is 0 Å². The molecule has 8 N–H and O–H groups in total. The number of aliphatic hydroxyl groups is 2. The molecule has 3 atom stereocenters. The summed E-state index contributed by atoms with van der Waals surface area (Å²) in [6, 6.07) is 9.20. The van der Waals surface area contributed by atoms with Crippen LogP contribution in [0.1, 0.15) is 261 Å². The van der Waals surface area contributed by atoms with Gasteiger partial charge in [0.2, 0.25) is 11.8 Å². The molecule has 1 aromatic heterocycles. The molecule has 1 heterocycles. The van der Waals surface area contributed by atoms with E-state index in [0.29, 0.717) is 41.0 Å². The van der Waals surface area contributed by atoms with Crippen molar-refractivity contribution in [2.75, 3.05) is 137 Å². The number of benzene rings is 2. The van der Waals surface area contributed by atoms with Crippen molar-refractivity contribution < 1.29 is 115 Å². The van der Waals surface area contributed by atoms with Gasteiger partial charge in [0.1, 0.15) is 57.7 Å². The van der Waals surface area contributed by atoms with E-state index in [1.165, 1.54) is 158 Å². The van der Waals surface area contributed by atoms with Gasteiger partial charge < -0.3 is 93.4 Å². The number of halogens is 1. The van der Waals surface area contributed by atoms with Gasteiger partial charge in [-0.2, -0.15) is 0 Å². The third kappa shape index (κ3) is 54.2. The average molecular weight is 1700 g/mol. The van der Waals surface area contributed by atoms with E-state index in [1.807, 2.05) is 0 Å². The maximum atomic E-state index is 14.3. The number of nitrogens with zero attached hydrogens (tertiary/aromatic N) is 1. The number of urea groups is 1. The number of phosphoric ester groups is 1. The number of carboxylic acid groups (broad SMARTS) is 1. The van der Waals surface area contributed by atoms with Gasteiger partial charge in [0.25, 0.3) is 5.56 Å². The highest BCUT2D eigenvalue weighted by atomic mass is 35.5. The lowest BCUT2D eigenvalue weighted by molar-refractivity contribution is -0.161. The van der Waals surface area contributed by atoms with Crippen molar-refractivity contribution >= 4 is 66.6 Å². The first kappa shape index (κ1) is 104. The first-order valence-electron chi connectivity index (χ1n) is 42.7. The van der Waals surface area contributed by atoms with Gasteiger partial charge in [-0.1, -0.05) is 223 Å². The molecule has 0 aliphatic rings. The smallest absolute Gasteiger partial charge is 0.472 e. The number of hydrogen-bond donors (Lipinski definition) is 8. The van der Waals surface area contributed by atoms with E-state index >= 15 is 0 Å². The highest BCUT2D eigenvalue weighted by Crippen LogP contribution is 2.43. The molecule has 3 rings (SSSR count). The lowest BCUT2D eigenvalue weighted by atomic mass is 10.0. The number of pyridine rings is 1. The Kier molecular flexibility index (Phi) is 61.5. The Hall–Kier alpha value is -6.80. The first-order chi connectivity index (χ1) is 56.8. The zero-order valence-electron chi connectivity index (χ0n) is 70.0. The number of nitrogens with one attached hydrogen (secondary N) is 4. The number of aryl methyl sites for hydroxylation is 1. The number of rotatable bonds is 78. The number of esters is 2. The minimum Gasteiger partial charge on any atom is -0.491 e. The van der Waals surface area contributed by atoms with Gasteiger partial charge in [-0.05, 0) is 56.0 Å². The normalized spacial score (nSPS) is 12.3. The quantitative estimate of drug-likeness (QED) is 0.0148. The van der Waals surface area contributed by atoms with E-state index in [4.69, 9.17) is 68.0 Å². The molecule has 0 bridgehead atoms. The van der Waals surface area contributed by atoms with Crippen LogP contribution in [0.5, 0.6) is 17.2 Å². The summed E-state index contributed by atoms with van der Waals surface area (Å²) < 4.78 is 80.1. The number of aliphatic hydroxyl groups excluding tert-OH is 2. The Labute approximate surface area is 698 Å². The number of carbonyl (C=O) groups is 7. The summed E-state index contributed by atoms with van der Waals surface area (Å²) in [7, 11) is -4.67. The molecular weight excluding hydrogens is 1560 g/mol. The number of amides is 4. The molecule has 32 heteroatoms. The highest BCUT2D eigenvalue weighted by molar-refractivity contribution is 7.47. The van der Waals surface area contributed by atoms with Crippen molar-refractivity contribution in [3.05, 3.63) is 80.7 Å². The fourth-order valence-corrected chi connectivity index (χ4v) is 13.5. The first-order valence-corrected chi connectivity index (χ1v) is 44.6. The zero-order valence-corrected chi connectivity index (χ0v) is 71.7. The SMILES string of the molecule is CCCCCCCCCCCCCCCCCC(=O)OC[C@H](COP(=O)(O)OCCCC(=O)COCCOCCNC(=O)COCC(=O)NCCOCCOCCOc1c(C)cn(Cc2c(Cl)cccc2OCCO)c(=O)c1NC(=O)N[C@@H](CC(=O)O)c1cccc(OCCO)c1)OC(=O)CCCCCCCCCCCCCCCCC. The van der Waals surface area contributed by atoms with Crippen LogP contribution in [0.3, 0.4) is 0 Å².